The van der Waals surface area contributed by atoms with Crippen molar-refractivity contribution >= 4 is 11.6 Å². The molecule has 4 rings (SSSR count). The van der Waals surface area contributed by atoms with Gasteiger partial charge in [-0.1, -0.05) is 0 Å². The molecule has 0 radical (unpaired) electrons. The number of aromatic nitrogens is 7. The van der Waals surface area contributed by atoms with E-state index in [4.69, 9.17) is 9.47 Å². The normalized spacial score (nSPS) is 17.9. The van der Waals surface area contributed by atoms with Gasteiger partial charge in [-0.05, 0) is 5.21 Å². The van der Waals surface area contributed by atoms with Crippen LogP contribution >= 0.6 is 0 Å². The SMILES string of the molecule is COCCn1nnc(C2CN(C(=O)c3cnn4ccn(C)c34)CCO2)n1. The molecule has 1 aliphatic heterocycles. The number of hydrogen-bond donors (Lipinski definition) is 0. The van der Waals surface area contributed by atoms with E-state index in [2.05, 4.69) is 20.5 Å². The summed E-state index contributed by atoms with van der Waals surface area (Å²) in [4.78, 5) is 16.2. The van der Waals surface area contributed by atoms with Gasteiger partial charge in [-0.2, -0.15) is 9.90 Å². The molecule has 0 aromatic carbocycles. The van der Waals surface area contributed by atoms with Crippen molar-refractivity contribution in [2.24, 2.45) is 7.05 Å². The number of amides is 1. The van der Waals surface area contributed by atoms with Gasteiger partial charge in [-0.25, -0.2) is 4.52 Å². The fourth-order valence-corrected chi connectivity index (χ4v) is 3.01. The number of carbonyl (C=O) groups is 1. The van der Waals surface area contributed by atoms with Crippen LogP contribution in [0.15, 0.2) is 18.6 Å². The molecule has 3 aromatic rings. The second-order valence-electron chi connectivity index (χ2n) is 6.08. The number of imidazole rings is 1. The first kappa shape index (κ1) is 16.7. The molecule has 0 saturated carbocycles. The van der Waals surface area contributed by atoms with Gasteiger partial charge in [0.2, 0.25) is 5.82 Å². The average Bonchev–Trinajstić information content (AvgIpc) is 3.38. The van der Waals surface area contributed by atoms with E-state index in [-0.39, 0.29) is 5.91 Å². The van der Waals surface area contributed by atoms with Crippen LogP contribution in [0.1, 0.15) is 22.3 Å². The number of hydrogen-bond acceptors (Lipinski definition) is 7. The highest BCUT2D eigenvalue weighted by atomic mass is 16.5. The third kappa shape index (κ3) is 2.95. The van der Waals surface area contributed by atoms with Crippen molar-refractivity contribution in [1.29, 1.82) is 0 Å². The molecule has 11 heteroatoms. The summed E-state index contributed by atoms with van der Waals surface area (Å²) < 4.78 is 14.3. The van der Waals surface area contributed by atoms with Crippen molar-refractivity contribution in [1.82, 2.24) is 39.3 Å². The first-order valence-corrected chi connectivity index (χ1v) is 8.33. The fraction of sp³-hybridized carbons (Fsp3) is 0.533. The van der Waals surface area contributed by atoms with Crippen LogP contribution in [-0.2, 0) is 23.1 Å². The standard InChI is InChI=1S/C15H20N8O3/c1-20-3-4-22-14(20)11(9-16-22)15(24)21-5-8-26-12(10-21)13-17-19-23(18-13)6-7-25-2/h3-4,9,12H,5-8,10H2,1-2H3. The average molecular weight is 360 g/mol. The second-order valence-corrected chi connectivity index (χ2v) is 6.08. The number of morpholine rings is 1. The molecule has 1 fully saturated rings. The molecular weight excluding hydrogens is 340 g/mol. The molecule has 1 aliphatic rings. The van der Waals surface area contributed by atoms with Crippen LogP contribution in [-0.4, -0.2) is 78.6 Å². The van der Waals surface area contributed by atoms with Gasteiger partial charge < -0.3 is 18.9 Å². The van der Waals surface area contributed by atoms with E-state index < -0.39 is 6.10 Å². The van der Waals surface area contributed by atoms with Gasteiger partial charge in [0, 0.05) is 33.1 Å². The molecule has 0 bridgehead atoms. The summed E-state index contributed by atoms with van der Waals surface area (Å²) in [6, 6.07) is 0. The molecule has 138 valence electrons. The van der Waals surface area contributed by atoms with Crippen molar-refractivity contribution < 1.29 is 14.3 Å². The molecule has 1 amide bonds. The van der Waals surface area contributed by atoms with Crippen molar-refractivity contribution in [3.63, 3.8) is 0 Å². The predicted molar refractivity (Wildman–Crippen MR) is 88.5 cm³/mol. The van der Waals surface area contributed by atoms with Gasteiger partial charge in [0.15, 0.2) is 0 Å². The van der Waals surface area contributed by atoms with E-state index in [0.717, 1.165) is 5.65 Å². The zero-order valence-corrected chi connectivity index (χ0v) is 14.6. The Balaban J connectivity index is 1.50. The van der Waals surface area contributed by atoms with E-state index in [1.807, 2.05) is 24.0 Å². The smallest absolute Gasteiger partial charge is 0.259 e. The van der Waals surface area contributed by atoms with Crippen LogP contribution in [0, 0.1) is 0 Å². The molecule has 1 atom stereocenters. The zero-order chi connectivity index (χ0) is 18.1. The summed E-state index contributed by atoms with van der Waals surface area (Å²) in [5.41, 5.74) is 1.33. The largest absolute Gasteiger partial charge is 0.383 e. The maximum atomic E-state index is 13.0. The lowest BCUT2D eigenvalue weighted by Gasteiger charge is -2.31. The van der Waals surface area contributed by atoms with Gasteiger partial charge in [-0.3, -0.25) is 4.79 Å². The number of nitrogens with zero attached hydrogens (tertiary/aromatic N) is 8. The van der Waals surface area contributed by atoms with E-state index in [9.17, 15) is 4.79 Å². The van der Waals surface area contributed by atoms with Gasteiger partial charge in [0.1, 0.15) is 17.3 Å². The Morgan fingerprint density at radius 3 is 3.15 bits per heavy atom. The molecule has 26 heavy (non-hydrogen) atoms. The topological polar surface area (TPSA) is 105 Å². The number of aryl methyl sites for hydroxylation is 1. The first-order valence-electron chi connectivity index (χ1n) is 8.33. The zero-order valence-electron chi connectivity index (χ0n) is 14.6. The van der Waals surface area contributed by atoms with E-state index in [1.165, 1.54) is 4.80 Å². The van der Waals surface area contributed by atoms with Crippen LogP contribution in [0.2, 0.25) is 0 Å². The Hall–Kier alpha value is -2.79. The maximum Gasteiger partial charge on any atom is 0.259 e. The highest BCUT2D eigenvalue weighted by Crippen LogP contribution is 2.21. The van der Waals surface area contributed by atoms with E-state index in [0.29, 0.717) is 44.2 Å². The van der Waals surface area contributed by atoms with Gasteiger partial charge in [0.05, 0.1) is 32.5 Å². The Morgan fingerprint density at radius 1 is 1.42 bits per heavy atom. The van der Waals surface area contributed by atoms with E-state index in [1.54, 1.807) is 22.7 Å². The summed E-state index contributed by atoms with van der Waals surface area (Å²) in [6.07, 6.45) is 4.88. The summed E-state index contributed by atoms with van der Waals surface area (Å²) in [5, 5.41) is 16.6. The second kappa shape index (κ2) is 6.84. The van der Waals surface area contributed by atoms with Crippen molar-refractivity contribution in [2.75, 3.05) is 33.4 Å². The number of rotatable bonds is 5. The third-order valence-corrected chi connectivity index (χ3v) is 4.37. The number of tetrazole rings is 1. The quantitative estimate of drug-likeness (QED) is 0.605. The highest BCUT2D eigenvalue weighted by Gasteiger charge is 2.30. The Morgan fingerprint density at radius 2 is 2.31 bits per heavy atom. The predicted octanol–water partition coefficient (Wildman–Crippen LogP) is -0.481. The van der Waals surface area contributed by atoms with Crippen LogP contribution < -0.4 is 0 Å². The van der Waals surface area contributed by atoms with Gasteiger partial charge >= 0.3 is 0 Å². The molecule has 3 aromatic heterocycles. The summed E-state index contributed by atoms with van der Waals surface area (Å²) in [7, 11) is 3.50. The molecule has 4 heterocycles. The molecule has 1 unspecified atom stereocenters. The molecule has 1 saturated heterocycles. The monoisotopic (exact) mass is 360 g/mol. The lowest BCUT2D eigenvalue weighted by Crippen LogP contribution is -2.42. The fourth-order valence-electron chi connectivity index (χ4n) is 3.01. The van der Waals surface area contributed by atoms with E-state index >= 15 is 0 Å². The van der Waals surface area contributed by atoms with Crippen LogP contribution in [0.5, 0.6) is 0 Å². The van der Waals surface area contributed by atoms with Crippen LogP contribution in [0.3, 0.4) is 0 Å². The Bertz CT molecular complexity index is 913. The number of ether oxygens (including phenoxy) is 2. The molecule has 0 N–H and O–H groups in total. The minimum Gasteiger partial charge on any atom is -0.383 e. The summed E-state index contributed by atoms with van der Waals surface area (Å²) in [5.74, 6) is 0.388. The van der Waals surface area contributed by atoms with Gasteiger partial charge in [-0.15, -0.1) is 10.2 Å². The van der Waals surface area contributed by atoms with Crippen molar-refractivity contribution in [2.45, 2.75) is 12.6 Å². The molecular formula is C15H20N8O3. The lowest BCUT2D eigenvalue weighted by molar-refractivity contribution is -0.0269. The minimum atomic E-state index is -0.400. The molecule has 0 spiro atoms. The first-order chi connectivity index (χ1) is 12.7. The summed E-state index contributed by atoms with van der Waals surface area (Å²) >= 11 is 0. The summed E-state index contributed by atoms with van der Waals surface area (Å²) in [6.45, 7) is 2.31. The number of fused-ring (bicyclic) bond motifs is 1. The van der Waals surface area contributed by atoms with Crippen LogP contribution in [0.4, 0.5) is 0 Å². The number of methoxy groups -OCH3 is 1. The highest BCUT2D eigenvalue weighted by molar-refractivity contribution is 5.99. The number of carbonyl (C=O) groups excluding carboxylic acids is 1. The van der Waals surface area contributed by atoms with Crippen LogP contribution in [0.25, 0.3) is 5.65 Å². The molecule has 0 aliphatic carbocycles. The maximum absolute atomic E-state index is 13.0. The Labute approximate surface area is 149 Å². The Kier molecular flexibility index (Phi) is 4.39. The minimum absolute atomic E-state index is 0.0816. The van der Waals surface area contributed by atoms with Crippen molar-refractivity contribution in [3.8, 4) is 0 Å². The van der Waals surface area contributed by atoms with Crippen molar-refractivity contribution in [3.05, 3.63) is 30.0 Å². The lowest BCUT2D eigenvalue weighted by atomic mass is 10.2. The third-order valence-electron chi connectivity index (χ3n) is 4.37. The molecule has 11 nitrogen and oxygen atoms in total. The van der Waals surface area contributed by atoms with Gasteiger partial charge in [0.25, 0.3) is 5.91 Å².